The first-order valence-corrected chi connectivity index (χ1v) is 6.41. The molecule has 0 aliphatic rings. The summed E-state index contributed by atoms with van der Waals surface area (Å²) in [5.74, 6) is 0.852. The average molecular weight is 251 g/mol. The lowest BCUT2D eigenvalue weighted by atomic mass is 10.2. The maximum atomic E-state index is 6.07. The second-order valence-electron chi connectivity index (χ2n) is 4.72. The van der Waals surface area contributed by atoms with Crippen LogP contribution in [-0.2, 0) is 0 Å². The number of nitrogens with two attached hydrogens (primary N) is 1. The van der Waals surface area contributed by atoms with Gasteiger partial charge in [0, 0.05) is 25.7 Å². The van der Waals surface area contributed by atoms with Gasteiger partial charge in [0.05, 0.1) is 18.5 Å². The van der Waals surface area contributed by atoms with Crippen molar-refractivity contribution >= 4 is 11.4 Å². The zero-order valence-electron chi connectivity index (χ0n) is 11.9. The number of nitrogens with zero attached hydrogens (tertiary/aromatic N) is 2. The molecular formula is C14H25N3O. The molecule has 0 saturated heterocycles. The number of rotatable bonds is 7. The van der Waals surface area contributed by atoms with Gasteiger partial charge in [-0.1, -0.05) is 6.92 Å². The van der Waals surface area contributed by atoms with Crippen LogP contribution in [0.25, 0.3) is 0 Å². The first-order valence-electron chi connectivity index (χ1n) is 6.41. The molecule has 0 unspecified atom stereocenters. The van der Waals surface area contributed by atoms with Crippen molar-refractivity contribution in [3.8, 4) is 5.75 Å². The Labute approximate surface area is 110 Å². The van der Waals surface area contributed by atoms with Gasteiger partial charge in [-0.05, 0) is 32.6 Å². The third-order valence-corrected chi connectivity index (χ3v) is 2.89. The molecule has 0 radical (unpaired) electrons. The van der Waals surface area contributed by atoms with Crippen molar-refractivity contribution in [2.24, 2.45) is 0 Å². The Morgan fingerprint density at radius 3 is 2.44 bits per heavy atom. The van der Waals surface area contributed by atoms with Crippen molar-refractivity contribution in [3.05, 3.63) is 18.2 Å². The number of hydrogen-bond donors (Lipinski definition) is 1. The van der Waals surface area contributed by atoms with Crippen LogP contribution < -0.4 is 15.4 Å². The largest absolute Gasteiger partial charge is 0.497 e. The van der Waals surface area contributed by atoms with Crippen LogP contribution in [0, 0.1) is 0 Å². The molecule has 1 rings (SSSR count). The number of likely N-dealkylation sites (N-methyl/N-ethyl adjacent to an activating group) is 1. The van der Waals surface area contributed by atoms with Crippen molar-refractivity contribution in [1.82, 2.24) is 4.90 Å². The molecule has 0 saturated carbocycles. The number of methoxy groups -OCH3 is 1. The Morgan fingerprint density at radius 2 is 1.89 bits per heavy atom. The Bertz CT molecular complexity index is 366. The molecule has 1 aromatic carbocycles. The van der Waals surface area contributed by atoms with Gasteiger partial charge in [0.1, 0.15) is 5.75 Å². The predicted octanol–water partition coefficient (Wildman–Crippen LogP) is 2.06. The molecule has 18 heavy (non-hydrogen) atoms. The van der Waals surface area contributed by atoms with E-state index in [1.165, 1.54) is 0 Å². The van der Waals surface area contributed by atoms with Crippen LogP contribution in [0.3, 0.4) is 0 Å². The molecule has 4 heteroatoms. The Kier molecular flexibility index (Phi) is 5.78. The third kappa shape index (κ3) is 4.11. The number of benzene rings is 1. The summed E-state index contributed by atoms with van der Waals surface area (Å²) in [4.78, 5) is 4.50. The number of anilines is 2. The van der Waals surface area contributed by atoms with E-state index in [2.05, 4.69) is 30.8 Å². The summed E-state index contributed by atoms with van der Waals surface area (Å²) >= 11 is 0. The maximum absolute atomic E-state index is 6.07. The summed E-state index contributed by atoms with van der Waals surface area (Å²) in [7, 11) is 5.84. The summed E-state index contributed by atoms with van der Waals surface area (Å²) in [6, 6.07) is 5.82. The summed E-state index contributed by atoms with van der Waals surface area (Å²) in [5, 5.41) is 0. The molecule has 2 N–H and O–H groups in total. The molecule has 0 amide bonds. The maximum Gasteiger partial charge on any atom is 0.121 e. The Balaban J connectivity index is 2.89. The van der Waals surface area contributed by atoms with E-state index in [1.54, 1.807) is 7.11 Å². The van der Waals surface area contributed by atoms with Gasteiger partial charge in [0.2, 0.25) is 0 Å². The summed E-state index contributed by atoms with van der Waals surface area (Å²) in [6.45, 7) is 5.17. The second-order valence-corrected chi connectivity index (χ2v) is 4.72. The highest BCUT2D eigenvalue weighted by molar-refractivity contribution is 5.69. The minimum Gasteiger partial charge on any atom is -0.497 e. The van der Waals surface area contributed by atoms with Gasteiger partial charge >= 0.3 is 0 Å². The van der Waals surface area contributed by atoms with Gasteiger partial charge in [0.15, 0.2) is 0 Å². The van der Waals surface area contributed by atoms with E-state index in [1.807, 2.05) is 18.2 Å². The highest BCUT2D eigenvalue weighted by atomic mass is 16.5. The normalized spacial score (nSPS) is 10.7. The molecule has 0 aliphatic carbocycles. The van der Waals surface area contributed by atoms with E-state index >= 15 is 0 Å². The van der Waals surface area contributed by atoms with E-state index in [4.69, 9.17) is 10.5 Å². The smallest absolute Gasteiger partial charge is 0.121 e. The van der Waals surface area contributed by atoms with Gasteiger partial charge < -0.3 is 20.3 Å². The molecule has 102 valence electrons. The highest BCUT2D eigenvalue weighted by Gasteiger charge is 2.10. The summed E-state index contributed by atoms with van der Waals surface area (Å²) in [6.07, 6.45) is 1.10. The molecule has 0 aromatic heterocycles. The molecule has 4 nitrogen and oxygen atoms in total. The van der Waals surface area contributed by atoms with E-state index < -0.39 is 0 Å². The van der Waals surface area contributed by atoms with Gasteiger partial charge in [-0.3, -0.25) is 0 Å². The van der Waals surface area contributed by atoms with Gasteiger partial charge in [-0.15, -0.1) is 0 Å². The lowest BCUT2D eigenvalue weighted by molar-refractivity contribution is 0.410. The zero-order valence-corrected chi connectivity index (χ0v) is 11.9. The van der Waals surface area contributed by atoms with Crippen LogP contribution in [0.4, 0.5) is 11.4 Å². The molecule has 0 fully saturated rings. The molecular weight excluding hydrogens is 226 g/mol. The number of hydrogen-bond acceptors (Lipinski definition) is 4. The van der Waals surface area contributed by atoms with Crippen molar-refractivity contribution in [3.63, 3.8) is 0 Å². The predicted molar refractivity (Wildman–Crippen MR) is 78.5 cm³/mol. The molecule has 1 aromatic rings. The second kappa shape index (κ2) is 7.11. The van der Waals surface area contributed by atoms with Crippen molar-refractivity contribution in [2.75, 3.05) is 51.5 Å². The van der Waals surface area contributed by atoms with Crippen LogP contribution in [0.5, 0.6) is 5.75 Å². The standard InChI is InChI=1S/C14H25N3O/c1-5-8-17(10-9-16(2)3)14-11-12(18-4)6-7-13(14)15/h6-7,11H,5,8-10,15H2,1-4H3. The summed E-state index contributed by atoms with van der Waals surface area (Å²) in [5.41, 5.74) is 7.95. The molecule has 0 aliphatic heterocycles. The van der Waals surface area contributed by atoms with Crippen LogP contribution >= 0.6 is 0 Å². The van der Waals surface area contributed by atoms with Gasteiger partial charge in [-0.25, -0.2) is 0 Å². The van der Waals surface area contributed by atoms with Crippen LogP contribution in [-0.4, -0.2) is 45.7 Å². The van der Waals surface area contributed by atoms with Gasteiger partial charge in [-0.2, -0.15) is 0 Å². The van der Waals surface area contributed by atoms with E-state index in [9.17, 15) is 0 Å². The SMILES string of the molecule is CCCN(CCN(C)C)c1cc(OC)ccc1N. The minimum atomic E-state index is 0.808. The van der Waals surface area contributed by atoms with Crippen molar-refractivity contribution < 1.29 is 4.74 Å². The lowest BCUT2D eigenvalue weighted by Crippen LogP contribution is -2.32. The Hall–Kier alpha value is -1.42. The highest BCUT2D eigenvalue weighted by Crippen LogP contribution is 2.28. The first kappa shape index (κ1) is 14.6. The number of ether oxygens (including phenoxy) is 1. The van der Waals surface area contributed by atoms with E-state index in [0.717, 1.165) is 43.2 Å². The van der Waals surface area contributed by atoms with Crippen molar-refractivity contribution in [2.45, 2.75) is 13.3 Å². The third-order valence-electron chi connectivity index (χ3n) is 2.89. The fraction of sp³-hybridized carbons (Fsp3) is 0.571. The zero-order chi connectivity index (χ0) is 13.5. The molecule has 0 heterocycles. The topological polar surface area (TPSA) is 41.7 Å². The molecule has 0 atom stereocenters. The lowest BCUT2D eigenvalue weighted by Gasteiger charge is -2.27. The van der Waals surface area contributed by atoms with E-state index in [0.29, 0.717) is 0 Å². The van der Waals surface area contributed by atoms with Gasteiger partial charge in [0.25, 0.3) is 0 Å². The van der Waals surface area contributed by atoms with Crippen LogP contribution in [0.15, 0.2) is 18.2 Å². The summed E-state index contributed by atoms with van der Waals surface area (Å²) < 4.78 is 5.27. The number of nitrogen functional groups attached to an aromatic ring is 1. The first-order chi connectivity index (χ1) is 8.58. The minimum absolute atomic E-state index is 0.808. The monoisotopic (exact) mass is 251 g/mol. The average Bonchev–Trinajstić information content (AvgIpc) is 2.35. The quantitative estimate of drug-likeness (QED) is 0.753. The van der Waals surface area contributed by atoms with Crippen LogP contribution in [0.2, 0.25) is 0 Å². The molecule has 0 bridgehead atoms. The fourth-order valence-electron chi connectivity index (χ4n) is 1.87. The fourth-order valence-corrected chi connectivity index (χ4v) is 1.87. The Morgan fingerprint density at radius 1 is 1.17 bits per heavy atom. The van der Waals surface area contributed by atoms with E-state index in [-0.39, 0.29) is 0 Å². The van der Waals surface area contributed by atoms with Crippen molar-refractivity contribution in [1.29, 1.82) is 0 Å². The van der Waals surface area contributed by atoms with Crippen LogP contribution in [0.1, 0.15) is 13.3 Å². The molecule has 0 spiro atoms.